The number of aromatic nitrogens is 1. The fourth-order valence-corrected chi connectivity index (χ4v) is 4.59. The van der Waals surface area contributed by atoms with Crippen LogP contribution in [-0.2, 0) is 0 Å². The molecular weight excluding hydrogens is 362 g/mol. The van der Waals surface area contributed by atoms with E-state index < -0.39 is 0 Å². The van der Waals surface area contributed by atoms with Crippen LogP contribution in [0.3, 0.4) is 0 Å². The van der Waals surface area contributed by atoms with Crippen molar-refractivity contribution >= 4 is 17.2 Å². The Kier molecular flexibility index (Phi) is 5.06. The molecule has 1 aliphatic heterocycles. The number of carbonyl (C=O) groups is 1. The number of benzene rings is 1. The van der Waals surface area contributed by atoms with Crippen LogP contribution in [-0.4, -0.2) is 55.2 Å². The van der Waals surface area contributed by atoms with Crippen molar-refractivity contribution in [1.82, 2.24) is 15.2 Å². The van der Waals surface area contributed by atoms with Crippen molar-refractivity contribution < 1.29 is 14.3 Å². The molecule has 2 aromatic rings. The van der Waals surface area contributed by atoms with Crippen LogP contribution in [0.15, 0.2) is 18.2 Å². The lowest BCUT2D eigenvalue weighted by Gasteiger charge is -2.15. The standard InChI is InChI=1S/C20H25N3O3S/c1-12-18(19(24)22-14-8-9-23(11-14)15-5-6-15)27-20(21-12)13-4-7-16(25-2)17(10-13)26-3/h4,7,10,14-15H,5-6,8-9,11H2,1-3H3,(H,22,24). The van der Waals surface area contributed by atoms with Gasteiger partial charge in [-0.3, -0.25) is 9.69 Å². The molecule has 0 bridgehead atoms. The van der Waals surface area contributed by atoms with Crippen molar-refractivity contribution in [2.75, 3.05) is 27.3 Å². The first-order valence-corrected chi connectivity index (χ1v) is 10.2. The molecule has 2 heterocycles. The molecule has 1 unspecified atom stereocenters. The minimum absolute atomic E-state index is 0.0145. The quantitative estimate of drug-likeness (QED) is 0.825. The maximum absolute atomic E-state index is 12.8. The maximum atomic E-state index is 12.8. The van der Waals surface area contributed by atoms with Crippen LogP contribution < -0.4 is 14.8 Å². The second kappa shape index (κ2) is 7.48. The van der Waals surface area contributed by atoms with Gasteiger partial charge in [-0.25, -0.2) is 4.98 Å². The highest BCUT2D eigenvalue weighted by molar-refractivity contribution is 7.17. The number of nitrogens with one attached hydrogen (secondary N) is 1. The summed E-state index contributed by atoms with van der Waals surface area (Å²) in [5, 5.41) is 4.01. The van der Waals surface area contributed by atoms with Gasteiger partial charge in [0.1, 0.15) is 9.88 Å². The van der Waals surface area contributed by atoms with E-state index in [9.17, 15) is 4.79 Å². The van der Waals surface area contributed by atoms with Crippen LogP contribution in [0.2, 0.25) is 0 Å². The fraction of sp³-hybridized carbons (Fsp3) is 0.500. The van der Waals surface area contributed by atoms with Gasteiger partial charge in [-0.2, -0.15) is 0 Å². The zero-order valence-corrected chi connectivity index (χ0v) is 16.8. The van der Waals surface area contributed by atoms with Crippen molar-refractivity contribution in [3.05, 3.63) is 28.8 Å². The molecule has 0 radical (unpaired) electrons. The number of carbonyl (C=O) groups excluding carboxylic acids is 1. The summed E-state index contributed by atoms with van der Waals surface area (Å²) >= 11 is 1.42. The highest BCUT2D eigenvalue weighted by atomic mass is 32.1. The van der Waals surface area contributed by atoms with Crippen LogP contribution in [0.4, 0.5) is 0 Å². The van der Waals surface area contributed by atoms with Gasteiger partial charge >= 0.3 is 0 Å². The molecule has 1 N–H and O–H groups in total. The van der Waals surface area contributed by atoms with Gasteiger partial charge in [0.25, 0.3) is 5.91 Å². The number of thiazole rings is 1. The van der Waals surface area contributed by atoms with Gasteiger partial charge in [0, 0.05) is 30.7 Å². The Balaban J connectivity index is 1.48. The Labute approximate surface area is 163 Å². The molecule has 7 heteroatoms. The molecule has 1 amide bonds. The first-order chi connectivity index (χ1) is 13.1. The molecule has 0 spiro atoms. The Morgan fingerprint density at radius 3 is 2.70 bits per heavy atom. The second-order valence-electron chi connectivity index (χ2n) is 7.19. The lowest BCUT2D eigenvalue weighted by Crippen LogP contribution is -2.37. The Morgan fingerprint density at radius 1 is 1.22 bits per heavy atom. The summed E-state index contributed by atoms with van der Waals surface area (Å²) in [4.78, 5) is 20.6. The van der Waals surface area contributed by atoms with Gasteiger partial charge in [-0.1, -0.05) is 0 Å². The minimum atomic E-state index is -0.0145. The lowest BCUT2D eigenvalue weighted by molar-refractivity contribution is 0.0941. The number of methoxy groups -OCH3 is 2. The third kappa shape index (κ3) is 3.80. The monoisotopic (exact) mass is 387 g/mol. The number of ether oxygens (including phenoxy) is 2. The van der Waals surface area contributed by atoms with E-state index in [0.717, 1.165) is 41.8 Å². The number of aryl methyl sites for hydroxylation is 1. The van der Waals surface area contributed by atoms with E-state index in [0.29, 0.717) is 16.4 Å². The van der Waals surface area contributed by atoms with E-state index in [-0.39, 0.29) is 11.9 Å². The van der Waals surface area contributed by atoms with E-state index in [2.05, 4.69) is 15.2 Å². The topological polar surface area (TPSA) is 63.7 Å². The number of nitrogens with zero attached hydrogens (tertiary/aromatic N) is 2. The van der Waals surface area contributed by atoms with Gasteiger partial charge in [0.15, 0.2) is 11.5 Å². The number of hydrogen-bond donors (Lipinski definition) is 1. The maximum Gasteiger partial charge on any atom is 0.263 e. The predicted molar refractivity (Wildman–Crippen MR) is 106 cm³/mol. The number of likely N-dealkylation sites (tertiary alicyclic amines) is 1. The SMILES string of the molecule is COc1ccc(-c2nc(C)c(C(=O)NC3CCN(C4CC4)C3)s2)cc1OC. The Morgan fingerprint density at radius 2 is 2.00 bits per heavy atom. The second-order valence-corrected chi connectivity index (χ2v) is 8.19. The molecule has 1 aromatic heterocycles. The average Bonchev–Trinajstić information content (AvgIpc) is 3.30. The third-order valence-electron chi connectivity index (χ3n) is 5.25. The van der Waals surface area contributed by atoms with Gasteiger partial charge in [-0.05, 0) is 44.4 Å². The first kappa shape index (κ1) is 18.3. The normalized spacial score (nSPS) is 19.9. The number of rotatable bonds is 6. The molecule has 1 aromatic carbocycles. The molecule has 4 rings (SSSR count). The van der Waals surface area contributed by atoms with E-state index in [1.807, 2.05) is 25.1 Å². The summed E-state index contributed by atoms with van der Waals surface area (Å²) in [7, 11) is 3.22. The highest BCUT2D eigenvalue weighted by Crippen LogP contribution is 2.35. The number of amides is 1. The summed E-state index contributed by atoms with van der Waals surface area (Å²) < 4.78 is 10.7. The van der Waals surface area contributed by atoms with Crippen molar-refractivity contribution in [1.29, 1.82) is 0 Å². The smallest absolute Gasteiger partial charge is 0.263 e. The fourth-order valence-electron chi connectivity index (χ4n) is 3.63. The summed E-state index contributed by atoms with van der Waals surface area (Å²) in [6.07, 6.45) is 3.65. The van der Waals surface area contributed by atoms with Crippen molar-refractivity contribution in [3.8, 4) is 22.1 Å². The van der Waals surface area contributed by atoms with E-state index >= 15 is 0 Å². The molecular formula is C20H25N3O3S. The Hall–Kier alpha value is -2.12. The lowest BCUT2D eigenvalue weighted by atomic mass is 10.2. The molecule has 2 fully saturated rings. The van der Waals surface area contributed by atoms with E-state index in [4.69, 9.17) is 9.47 Å². The molecule has 27 heavy (non-hydrogen) atoms. The van der Waals surface area contributed by atoms with E-state index in [1.165, 1.54) is 24.2 Å². The van der Waals surface area contributed by atoms with Gasteiger partial charge in [0.2, 0.25) is 0 Å². The minimum Gasteiger partial charge on any atom is -0.493 e. The van der Waals surface area contributed by atoms with E-state index in [1.54, 1.807) is 14.2 Å². The predicted octanol–water partition coefficient (Wildman–Crippen LogP) is 3.10. The molecule has 1 atom stereocenters. The summed E-state index contributed by atoms with van der Waals surface area (Å²) in [5.74, 6) is 1.31. The molecule has 144 valence electrons. The molecule has 2 aliphatic rings. The van der Waals surface area contributed by atoms with Gasteiger partial charge < -0.3 is 14.8 Å². The molecule has 1 saturated heterocycles. The summed E-state index contributed by atoms with van der Waals surface area (Å²) in [5.41, 5.74) is 1.68. The molecule has 1 saturated carbocycles. The van der Waals surface area contributed by atoms with Crippen LogP contribution in [0.5, 0.6) is 11.5 Å². The zero-order chi connectivity index (χ0) is 19.0. The molecule has 1 aliphatic carbocycles. The van der Waals surface area contributed by atoms with Crippen molar-refractivity contribution in [2.45, 2.75) is 38.3 Å². The largest absolute Gasteiger partial charge is 0.493 e. The van der Waals surface area contributed by atoms with Gasteiger partial charge in [0.05, 0.1) is 19.9 Å². The van der Waals surface area contributed by atoms with Crippen molar-refractivity contribution in [2.24, 2.45) is 0 Å². The van der Waals surface area contributed by atoms with Crippen LogP contribution in [0.25, 0.3) is 10.6 Å². The average molecular weight is 388 g/mol. The first-order valence-electron chi connectivity index (χ1n) is 9.33. The van der Waals surface area contributed by atoms with Crippen LogP contribution in [0, 0.1) is 6.92 Å². The zero-order valence-electron chi connectivity index (χ0n) is 15.9. The third-order valence-corrected chi connectivity index (χ3v) is 6.46. The summed E-state index contributed by atoms with van der Waals surface area (Å²) in [6.45, 7) is 3.95. The Bertz CT molecular complexity index is 847. The van der Waals surface area contributed by atoms with Crippen molar-refractivity contribution in [3.63, 3.8) is 0 Å². The number of hydrogen-bond acceptors (Lipinski definition) is 6. The molecule has 6 nitrogen and oxygen atoms in total. The summed E-state index contributed by atoms with van der Waals surface area (Å²) in [6, 6.07) is 6.68. The van der Waals surface area contributed by atoms with Crippen LogP contribution >= 0.6 is 11.3 Å². The van der Waals surface area contributed by atoms with Crippen LogP contribution in [0.1, 0.15) is 34.6 Å². The van der Waals surface area contributed by atoms with Gasteiger partial charge in [-0.15, -0.1) is 11.3 Å². The highest BCUT2D eigenvalue weighted by Gasteiger charge is 2.35.